The van der Waals surface area contributed by atoms with E-state index in [2.05, 4.69) is 5.32 Å². The molecule has 0 aliphatic carbocycles. The molecule has 1 aromatic carbocycles. The summed E-state index contributed by atoms with van der Waals surface area (Å²) >= 11 is 1.19. The van der Waals surface area contributed by atoms with E-state index in [1.165, 1.54) is 30.0 Å². The average Bonchev–Trinajstić information content (AvgIpc) is 2.43. The van der Waals surface area contributed by atoms with Crippen molar-refractivity contribution < 1.29 is 19.1 Å². The molecule has 1 aromatic rings. The Morgan fingerprint density at radius 3 is 2.60 bits per heavy atom. The second-order valence-electron chi connectivity index (χ2n) is 4.52. The fourth-order valence-electron chi connectivity index (χ4n) is 1.71. The smallest absolute Gasteiger partial charge is 0.326 e. The largest absolute Gasteiger partial charge is 0.480 e. The zero-order valence-corrected chi connectivity index (χ0v) is 12.5. The molecule has 4 nitrogen and oxygen atoms in total. The zero-order valence-electron chi connectivity index (χ0n) is 11.6. The van der Waals surface area contributed by atoms with E-state index in [-0.39, 0.29) is 11.5 Å². The molecule has 0 spiro atoms. The van der Waals surface area contributed by atoms with Crippen LogP contribution in [0.2, 0.25) is 0 Å². The van der Waals surface area contributed by atoms with Crippen molar-refractivity contribution in [2.45, 2.75) is 31.2 Å². The van der Waals surface area contributed by atoms with Gasteiger partial charge >= 0.3 is 5.97 Å². The number of benzene rings is 1. The summed E-state index contributed by atoms with van der Waals surface area (Å²) in [4.78, 5) is 23.6. The molecule has 0 radical (unpaired) electrons. The number of carboxylic acid groups (broad SMARTS) is 1. The molecule has 1 rings (SSSR count). The minimum Gasteiger partial charge on any atom is -0.480 e. The first-order valence-corrected chi connectivity index (χ1v) is 7.50. The molecule has 0 aromatic heterocycles. The summed E-state index contributed by atoms with van der Waals surface area (Å²) in [6, 6.07) is 3.03. The third-order valence-electron chi connectivity index (χ3n) is 3.18. The minimum atomic E-state index is -1.07. The number of halogens is 1. The number of aliphatic carboxylic acids is 1. The average molecular weight is 299 g/mol. The monoisotopic (exact) mass is 299 g/mol. The molecule has 0 heterocycles. The third kappa shape index (κ3) is 3.96. The predicted molar refractivity (Wildman–Crippen MR) is 76.5 cm³/mol. The molecule has 0 fully saturated rings. The molecule has 1 amide bonds. The molecule has 2 N–H and O–H groups in total. The number of carbonyl (C=O) groups is 2. The molecular weight excluding hydrogens is 281 g/mol. The van der Waals surface area contributed by atoms with Gasteiger partial charge in [0.2, 0.25) is 0 Å². The van der Waals surface area contributed by atoms with E-state index in [0.29, 0.717) is 11.3 Å². The van der Waals surface area contributed by atoms with Gasteiger partial charge in [0.25, 0.3) is 5.91 Å². The Morgan fingerprint density at radius 2 is 2.10 bits per heavy atom. The van der Waals surface area contributed by atoms with E-state index in [0.717, 1.165) is 0 Å². The summed E-state index contributed by atoms with van der Waals surface area (Å²) in [5.41, 5.74) is 0.255. The first-order chi connectivity index (χ1) is 9.40. The summed E-state index contributed by atoms with van der Waals surface area (Å²) in [5.74, 6) is -2.16. The van der Waals surface area contributed by atoms with E-state index < -0.39 is 23.7 Å². The van der Waals surface area contributed by atoms with Crippen molar-refractivity contribution in [1.29, 1.82) is 0 Å². The van der Waals surface area contributed by atoms with Gasteiger partial charge in [0, 0.05) is 10.5 Å². The summed E-state index contributed by atoms with van der Waals surface area (Å²) in [6.45, 7) is 3.62. The van der Waals surface area contributed by atoms with Crippen LogP contribution in [0.25, 0.3) is 0 Å². The van der Waals surface area contributed by atoms with Crippen molar-refractivity contribution in [1.82, 2.24) is 5.32 Å². The van der Waals surface area contributed by atoms with Gasteiger partial charge in [0.05, 0.1) is 0 Å². The fourth-order valence-corrected chi connectivity index (χ4v) is 2.22. The van der Waals surface area contributed by atoms with Crippen LogP contribution < -0.4 is 5.32 Å². The van der Waals surface area contributed by atoms with Gasteiger partial charge in [0.15, 0.2) is 0 Å². The van der Waals surface area contributed by atoms with Gasteiger partial charge in [-0.15, -0.1) is 11.8 Å². The highest BCUT2D eigenvalue weighted by molar-refractivity contribution is 7.98. The number of amides is 1. The molecule has 0 unspecified atom stereocenters. The van der Waals surface area contributed by atoms with Crippen LogP contribution in [0.15, 0.2) is 23.1 Å². The van der Waals surface area contributed by atoms with Crippen LogP contribution in [-0.2, 0) is 4.79 Å². The molecule has 0 bridgehead atoms. The molecular formula is C14H18FNO3S. The Hall–Kier alpha value is -1.56. The first-order valence-electron chi connectivity index (χ1n) is 6.27. The standard InChI is InChI=1S/C14H18FNO3S/c1-4-8(2)12(14(18)19)16-13(17)9-5-6-10(15)11(7-9)20-3/h5-8,12H,4H2,1-3H3,(H,16,17)(H,18,19)/t8-,12-/m0/s1. The van der Waals surface area contributed by atoms with Crippen LogP contribution in [0.3, 0.4) is 0 Å². The quantitative estimate of drug-likeness (QED) is 0.793. The summed E-state index contributed by atoms with van der Waals surface area (Å²) in [5, 5.41) is 11.6. The zero-order chi connectivity index (χ0) is 15.3. The van der Waals surface area contributed by atoms with E-state index in [4.69, 9.17) is 5.11 Å². The van der Waals surface area contributed by atoms with Gasteiger partial charge in [0.1, 0.15) is 11.9 Å². The third-order valence-corrected chi connectivity index (χ3v) is 3.93. The molecule has 0 saturated heterocycles. The number of nitrogens with one attached hydrogen (secondary N) is 1. The van der Waals surface area contributed by atoms with Crippen LogP contribution in [0.5, 0.6) is 0 Å². The molecule has 0 aliphatic heterocycles. The first kappa shape index (κ1) is 16.5. The van der Waals surface area contributed by atoms with Crippen molar-refractivity contribution in [3.63, 3.8) is 0 Å². The predicted octanol–water partition coefficient (Wildman–Crippen LogP) is 2.78. The summed E-state index contributed by atoms with van der Waals surface area (Å²) in [6.07, 6.45) is 2.34. The highest BCUT2D eigenvalue weighted by Gasteiger charge is 2.25. The van der Waals surface area contributed by atoms with Crippen LogP contribution in [-0.4, -0.2) is 29.3 Å². The Labute approximate surface area is 121 Å². The van der Waals surface area contributed by atoms with Crippen LogP contribution in [0, 0.1) is 11.7 Å². The lowest BCUT2D eigenvalue weighted by Gasteiger charge is -2.20. The Bertz CT molecular complexity index is 507. The number of carboxylic acids is 1. The van der Waals surface area contributed by atoms with Crippen molar-refractivity contribution in [3.05, 3.63) is 29.6 Å². The molecule has 0 saturated carbocycles. The van der Waals surface area contributed by atoms with Gasteiger partial charge in [-0.2, -0.15) is 0 Å². The maximum atomic E-state index is 13.4. The van der Waals surface area contributed by atoms with Crippen molar-refractivity contribution in [2.24, 2.45) is 5.92 Å². The second-order valence-corrected chi connectivity index (χ2v) is 5.37. The van der Waals surface area contributed by atoms with E-state index >= 15 is 0 Å². The molecule has 2 atom stereocenters. The number of thioether (sulfide) groups is 1. The second kappa shape index (κ2) is 7.28. The maximum absolute atomic E-state index is 13.4. The number of hydrogen-bond acceptors (Lipinski definition) is 3. The lowest BCUT2D eigenvalue weighted by molar-refractivity contribution is -0.140. The van der Waals surface area contributed by atoms with Crippen molar-refractivity contribution in [3.8, 4) is 0 Å². The van der Waals surface area contributed by atoms with Gasteiger partial charge in [-0.25, -0.2) is 9.18 Å². The SMILES string of the molecule is CC[C@H](C)[C@H](NC(=O)c1ccc(F)c(SC)c1)C(=O)O. The van der Waals surface area contributed by atoms with Crippen LogP contribution in [0.4, 0.5) is 4.39 Å². The maximum Gasteiger partial charge on any atom is 0.326 e. The normalized spacial score (nSPS) is 13.6. The molecule has 110 valence electrons. The Kier molecular flexibility index (Phi) is 6.01. The molecule has 0 aliphatic rings. The number of carbonyl (C=O) groups excluding carboxylic acids is 1. The van der Waals surface area contributed by atoms with Gasteiger partial charge in [-0.1, -0.05) is 20.3 Å². The van der Waals surface area contributed by atoms with E-state index in [1.54, 1.807) is 13.2 Å². The van der Waals surface area contributed by atoms with Gasteiger partial charge in [-0.05, 0) is 30.4 Å². The van der Waals surface area contributed by atoms with Gasteiger partial charge < -0.3 is 10.4 Å². The highest BCUT2D eigenvalue weighted by Crippen LogP contribution is 2.20. The molecule has 20 heavy (non-hydrogen) atoms. The van der Waals surface area contributed by atoms with Crippen molar-refractivity contribution in [2.75, 3.05) is 6.26 Å². The topological polar surface area (TPSA) is 66.4 Å². The number of hydrogen-bond donors (Lipinski definition) is 2. The van der Waals surface area contributed by atoms with E-state index in [1.807, 2.05) is 6.92 Å². The van der Waals surface area contributed by atoms with Gasteiger partial charge in [-0.3, -0.25) is 4.79 Å². The lowest BCUT2D eigenvalue weighted by atomic mass is 9.99. The minimum absolute atomic E-state index is 0.183. The summed E-state index contributed by atoms with van der Waals surface area (Å²) < 4.78 is 13.4. The number of rotatable bonds is 6. The van der Waals surface area contributed by atoms with Crippen LogP contribution in [0.1, 0.15) is 30.6 Å². The summed E-state index contributed by atoms with van der Waals surface area (Å²) in [7, 11) is 0. The lowest BCUT2D eigenvalue weighted by Crippen LogP contribution is -2.45. The van der Waals surface area contributed by atoms with Crippen molar-refractivity contribution >= 4 is 23.6 Å². The Balaban J connectivity index is 2.92. The van der Waals surface area contributed by atoms with E-state index in [9.17, 15) is 14.0 Å². The highest BCUT2D eigenvalue weighted by atomic mass is 32.2. The fraction of sp³-hybridized carbons (Fsp3) is 0.429. The molecule has 6 heteroatoms. The Morgan fingerprint density at radius 1 is 1.45 bits per heavy atom. The van der Waals surface area contributed by atoms with Crippen LogP contribution >= 0.6 is 11.8 Å².